The van der Waals surface area contributed by atoms with E-state index in [1.807, 2.05) is 0 Å². The van der Waals surface area contributed by atoms with E-state index in [0.717, 1.165) is 11.5 Å². The first-order valence-electron chi connectivity index (χ1n) is 7.41. The molecule has 0 aliphatic rings. The number of carbonyl (C=O) groups excluding carboxylic acids is 1. The van der Waals surface area contributed by atoms with Crippen molar-refractivity contribution in [1.82, 2.24) is 19.3 Å². The summed E-state index contributed by atoms with van der Waals surface area (Å²) in [5.74, 6) is 0.291. The number of hydrogen-bond acceptors (Lipinski definition) is 9. The molecule has 0 aliphatic carbocycles. The van der Waals surface area contributed by atoms with Gasteiger partial charge in [0, 0.05) is 29.5 Å². The fourth-order valence-electron chi connectivity index (χ4n) is 2.09. The molecule has 0 saturated carbocycles. The van der Waals surface area contributed by atoms with Crippen LogP contribution in [0.3, 0.4) is 0 Å². The highest BCUT2D eigenvalue weighted by atomic mass is 32.1. The molecule has 0 amide bonds. The second-order valence-electron chi connectivity index (χ2n) is 4.83. The predicted molar refractivity (Wildman–Crippen MR) is 94.5 cm³/mol. The lowest BCUT2D eigenvalue weighted by Crippen LogP contribution is -2.05. The molecular formula is C17H14N4O4S. The average Bonchev–Trinajstić information content (AvgIpc) is 3.15. The van der Waals surface area contributed by atoms with Crippen LogP contribution in [0.1, 0.15) is 5.56 Å². The van der Waals surface area contributed by atoms with Gasteiger partial charge in [-0.2, -0.15) is 9.36 Å². The molecule has 0 N–H and O–H groups in total. The number of esters is 1. The van der Waals surface area contributed by atoms with Crippen molar-refractivity contribution in [2.45, 2.75) is 0 Å². The van der Waals surface area contributed by atoms with Gasteiger partial charge in [-0.05, 0) is 6.07 Å². The molecule has 3 rings (SSSR count). The highest BCUT2D eigenvalue weighted by Gasteiger charge is 2.19. The zero-order valence-corrected chi connectivity index (χ0v) is 14.8. The molecular weight excluding hydrogens is 356 g/mol. The minimum atomic E-state index is -0.541. The minimum absolute atomic E-state index is 0.226. The van der Waals surface area contributed by atoms with Gasteiger partial charge in [0.2, 0.25) is 0 Å². The molecule has 3 aromatic rings. The average molecular weight is 370 g/mol. The lowest BCUT2D eigenvalue weighted by atomic mass is 10.1. The van der Waals surface area contributed by atoms with E-state index in [9.17, 15) is 4.79 Å². The van der Waals surface area contributed by atoms with Gasteiger partial charge < -0.3 is 14.2 Å². The second kappa shape index (κ2) is 8.17. The smallest absolute Gasteiger partial charge is 0.341 e. The molecule has 9 heteroatoms. The molecule has 26 heavy (non-hydrogen) atoms. The van der Waals surface area contributed by atoms with Crippen molar-refractivity contribution in [2.24, 2.45) is 0 Å². The van der Waals surface area contributed by atoms with Crippen LogP contribution < -0.4 is 4.74 Å². The lowest BCUT2D eigenvalue weighted by molar-refractivity contribution is -0.133. The Labute approximate surface area is 153 Å². The Morgan fingerprint density at radius 2 is 2.04 bits per heavy atom. The van der Waals surface area contributed by atoms with Gasteiger partial charge in [0.25, 0.3) is 5.19 Å². The monoisotopic (exact) mass is 370 g/mol. The number of nitrogens with zero attached hydrogens (tertiary/aromatic N) is 4. The quantitative estimate of drug-likeness (QED) is 0.371. The highest BCUT2D eigenvalue weighted by molar-refractivity contribution is 7.07. The van der Waals surface area contributed by atoms with Crippen LogP contribution in [0.25, 0.3) is 17.1 Å². The number of methoxy groups -OCH3 is 2. The first-order chi connectivity index (χ1) is 12.7. The summed E-state index contributed by atoms with van der Waals surface area (Å²) in [5.41, 5.74) is 1.28. The topological polar surface area (TPSA) is 96.3 Å². The largest absolute Gasteiger partial charge is 0.503 e. The van der Waals surface area contributed by atoms with Crippen LogP contribution in [0.4, 0.5) is 0 Å². The third-order valence-corrected chi connectivity index (χ3v) is 3.81. The number of carbonyl (C=O) groups is 1. The normalized spacial score (nSPS) is 11.1. The summed E-state index contributed by atoms with van der Waals surface area (Å²) in [6.45, 7) is 0. The summed E-state index contributed by atoms with van der Waals surface area (Å²) in [4.78, 5) is 24.5. The Balaban J connectivity index is 1.91. The van der Waals surface area contributed by atoms with Crippen LogP contribution in [0, 0.1) is 0 Å². The fourth-order valence-corrected chi connectivity index (χ4v) is 2.64. The van der Waals surface area contributed by atoms with E-state index in [2.05, 4.69) is 19.3 Å². The Bertz CT molecular complexity index is 927. The van der Waals surface area contributed by atoms with Crippen LogP contribution in [-0.4, -0.2) is 39.5 Å². The van der Waals surface area contributed by atoms with Gasteiger partial charge in [0.1, 0.15) is 17.0 Å². The zero-order valence-electron chi connectivity index (χ0n) is 13.9. The molecule has 0 atom stereocenters. The molecule has 132 valence electrons. The molecule has 0 saturated heterocycles. The summed E-state index contributed by atoms with van der Waals surface area (Å²) >= 11 is 1.07. The first-order valence-corrected chi connectivity index (χ1v) is 8.19. The van der Waals surface area contributed by atoms with Crippen LogP contribution in [0.2, 0.25) is 0 Å². The van der Waals surface area contributed by atoms with Crippen LogP contribution in [0.15, 0.2) is 49.1 Å². The van der Waals surface area contributed by atoms with Gasteiger partial charge in [-0.1, -0.05) is 18.2 Å². The summed E-state index contributed by atoms with van der Waals surface area (Å²) < 4.78 is 19.8. The number of para-hydroxylation sites is 1. The van der Waals surface area contributed by atoms with Crippen LogP contribution in [-0.2, 0) is 14.3 Å². The van der Waals surface area contributed by atoms with E-state index in [0.29, 0.717) is 28.0 Å². The van der Waals surface area contributed by atoms with Crippen molar-refractivity contribution in [1.29, 1.82) is 0 Å². The van der Waals surface area contributed by atoms with Gasteiger partial charge in [0.05, 0.1) is 26.7 Å². The summed E-state index contributed by atoms with van der Waals surface area (Å²) in [5, 5.41) is 0.305. The number of aromatic nitrogens is 4. The number of ether oxygens (including phenoxy) is 3. The molecule has 0 aliphatic heterocycles. The Morgan fingerprint density at radius 1 is 1.19 bits per heavy atom. The Hall–Kier alpha value is -3.33. The maximum Gasteiger partial charge on any atom is 0.341 e. The summed E-state index contributed by atoms with van der Waals surface area (Å²) in [6.07, 6.45) is 6.00. The lowest BCUT2D eigenvalue weighted by Gasteiger charge is -2.10. The van der Waals surface area contributed by atoms with Gasteiger partial charge in [-0.25, -0.2) is 9.78 Å². The van der Waals surface area contributed by atoms with E-state index in [1.165, 1.54) is 20.5 Å². The highest BCUT2D eigenvalue weighted by Crippen LogP contribution is 2.32. The van der Waals surface area contributed by atoms with Crippen molar-refractivity contribution in [3.05, 3.63) is 54.7 Å². The SMILES string of the molecule is CO/C=C(/C(=O)OC)c1ccccc1Oc1nc(-c2cnccn2)ns1. The van der Waals surface area contributed by atoms with Gasteiger partial charge in [-0.3, -0.25) is 4.98 Å². The number of benzene rings is 1. The van der Waals surface area contributed by atoms with Crippen LogP contribution in [0.5, 0.6) is 10.9 Å². The van der Waals surface area contributed by atoms with E-state index >= 15 is 0 Å². The van der Waals surface area contributed by atoms with E-state index in [1.54, 1.807) is 42.9 Å². The fraction of sp³-hybridized carbons (Fsp3) is 0.118. The van der Waals surface area contributed by atoms with E-state index in [-0.39, 0.29) is 5.57 Å². The van der Waals surface area contributed by atoms with Crippen molar-refractivity contribution >= 4 is 23.1 Å². The molecule has 0 radical (unpaired) electrons. The van der Waals surface area contributed by atoms with Crippen molar-refractivity contribution in [3.8, 4) is 22.5 Å². The molecule has 2 aromatic heterocycles. The molecule has 1 aromatic carbocycles. The molecule has 0 bridgehead atoms. The van der Waals surface area contributed by atoms with Crippen molar-refractivity contribution in [3.63, 3.8) is 0 Å². The van der Waals surface area contributed by atoms with Crippen molar-refractivity contribution in [2.75, 3.05) is 14.2 Å². The van der Waals surface area contributed by atoms with Gasteiger partial charge in [-0.15, -0.1) is 0 Å². The summed E-state index contributed by atoms with van der Waals surface area (Å²) in [7, 11) is 2.75. The van der Waals surface area contributed by atoms with E-state index in [4.69, 9.17) is 14.2 Å². The third kappa shape index (κ3) is 3.83. The number of rotatable bonds is 6. The molecule has 0 fully saturated rings. The zero-order chi connectivity index (χ0) is 18.4. The first kappa shape index (κ1) is 17.5. The Morgan fingerprint density at radius 3 is 2.77 bits per heavy atom. The van der Waals surface area contributed by atoms with Gasteiger partial charge >= 0.3 is 5.97 Å². The van der Waals surface area contributed by atoms with Crippen LogP contribution >= 0.6 is 11.5 Å². The van der Waals surface area contributed by atoms with Gasteiger partial charge in [0.15, 0.2) is 5.82 Å². The predicted octanol–water partition coefficient (Wildman–Crippen LogP) is 2.95. The Kier molecular flexibility index (Phi) is 5.49. The third-order valence-electron chi connectivity index (χ3n) is 3.22. The summed E-state index contributed by atoms with van der Waals surface area (Å²) in [6, 6.07) is 7.00. The molecule has 8 nitrogen and oxygen atoms in total. The molecule has 0 spiro atoms. The minimum Gasteiger partial charge on any atom is -0.503 e. The van der Waals surface area contributed by atoms with E-state index < -0.39 is 5.97 Å². The standard InChI is InChI=1S/C17H14N4O4S/c1-23-10-12(16(22)24-2)11-5-3-4-6-14(11)25-17-20-15(21-26-17)13-9-18-7-8-19-13/h3-10H,1-2H3/b12-10+. The maximum atomic E-state index is 12.0. The molecule has 2 heterocycles. The molecule has 0 unspecified atom stereocenters. The maximum absolute atomic E-state index is 12.0. The second-order valence-corrected chi connectivity index (χ2v) is 5.55. The van der Waals surface area contributed by atoms with Crippen molar-refractivity contribution < 1.29 is 19.0 Å². The number of hydrogen-bond donors (Lipinski definition) is 0.